The normalized spacial score (nSPS) is 30.3. The third kappa shape index (κ3) is 4.33. The number of nitrogens with zero attached hydrogens (tertiary/aromatic N) is 2. The molecular formula is C19H32N2OS. The van der Waals surface area contributed by atoms with Crippen LogP contribution < -0.4 is 0 Å². The first-order valence-corrected chi connectivity index (χ1v) is 10.5. The summed E-state index contributed by atoms with van der Waals surface area (Å²) in [5.41, 5.74) is 1.46. The van der Waals surface area contributed by atoms with Crippen molar-refractivity contribution in [3.63, 3.8) is 0 Å². The fourth-order valence-corrected chi connectivity index (χ4v) is 5.88. The number of amides is 1. The molecule has 1 saturated carbocycles. The third-order valence-corrected chi connectivity index (χ3v) is 7.34. The molecule has 3 fully saturated rings. The van der Waals surface area contributed by atoms with Crippen molar-refractivity contribution in [2.45, 2.75) is 63.2 Å². The Balaban J connectivity index is 1.46. The molecule has 3 aliphatic rings. The molecule has 2 aliphatic heterocycles. The first-order valence-electron chi connectivity index (χ1n) is 9.46. The van der Waals surface area contributed by atoms with Crippen LogP contribution in [0.5, 0.6) is 0 Å². The van der Waals surface area contributed by atoms with E-state index in [-0.39, 0.29) is 0 Å². The Bertz CT molecular complexity index is 433. The van der Waals surface area contributed by atoms with Gasteiger partial charge in [0.05, 0.1) is 6.54 Å². The van der Waals surface area contributed by atoms with Gasteiger partial charge >= 0.3 is 0 Å². The Morgan fingerprint density at radius 1 is 1.22 bits per heavy atom. The molecule has 2 heterocycles. The van der Waals surface area contributed by atoms with Crippen molar-refractivity contribution in [2.24, 2.45) is 5.92 Å². The highest BCUT2D eigenvalue weighted by Crippen LogP contribution is 2.38. The predicted molar refractivity (Wildman–Crippen MR) is 98.8 cm³/mol. The van der Waals surface area contributed by atoms with E-state index in [1.807, 2.05) is 0 Å². The first-order chi connectivity index (χ1) is 11.1. The lowest BCUT2D eigenvalue weighted by Crippen LogP contribution is -2.43. The predicted octanol–water partition coefficient (Wildman–Crippen LogP) is 3.55. The molecule has 0 aromatic heterocycles. The Labute approximate surface area is 145 Å². The Morgan fingerprint density at radius 3 is 2.70 bits per heavy atom. The molecule has 1 aliphatic carbocycles. The van der Waals surface area contributed by atoms with Gasteiger partial charge < -0.3 is 4.90 Å². The molecule has 0 N–H and O–H groups in total. The molecule has 4 heteroatoms. The molecule has 0 bridgehead atoms. The van der Waals surface area contributed by atoms with Gasteiger partial charge in [-0.3, -0.25) is 9.69 Å². The van der Waals surface area contributed by atoms with E-state index in [0.717, 1.165) is 25.4 Å². The Kier molecular flexibility index (Phi) is 6.08. The lowest BCUT2D eigenvalue weighted by molar-refractivity contribution is -0.132. The summed E-state index contributed by atoms with van der Waals surface area (Å²) in [6.07, 6.45) is 8.75. The monoisotopic (exact) mass is 336 g/mol. The molecule has 0 aromatic rings. The molecule has 2 saturated heterocycles. The summed E-state index contributed by atoms with van der Waals surface area (Å²) in [5.74, 6) is 2.18. The van der Waals surface area contributed by atoms with Crippen molar-refractivity contribution in [3.8, 4) is 0 Å². The maximum Gasteiger partial charge on any atom is 0.237 e. The van der Waals surface area contributed by atoms with Crippen LogP contribution in [0.1, 0.15) is 51.9 Å². The van der Waals surface area contributed by atoms with Gasteiger partial charge in [-0.05, 0) is 64.0 Å². The molecule has 3 nitrogen and oxygen atoms in total. The van der Waals surface area contributed by atoms with E-state index in [2.05, 4.69) is 35.1 Å². The van der Waals surface area contributed by atoms with Crippen molar-refractivity contribution in [1.82, 2.24) is 9.80 Å². The second kappa shape index (κ2) is 8.06. The molecule has 0 aromatic carbocycles. The first kappa shape index (κ1) is 17.3. The zero-order valence-corrected chi connectivity index (χ0v) is 15.5. The highest BCUT2D eigenvalue weighted by molar-refractivity contribution is 7.99. The van der Waals surface area contributed by atoms with Crippen molar-refractivity contribution in [2.75, 3.05) is 31.9 Å². The zero-order valence-electron chi connectivity index (χ0n) is 14.6. The van der Waals surface area contributed by atoms with Crippen molar-refractivity contribution in [3.05, 3.63) is 12.2 Å². The summed E-state index contributed by atoms with van der Waals surface area (Å²) >= 11 is 2.07. The quantitative estimate of drug-likeness (QED) is 0.693. The number of carbonyl (C=O) groups is 1. The zero-order chi connectivity index (χ0) is 16.2. The third-order valence-electron chi connectivity index (χ3n) is 5.91. The van der Waals surface area contributed by atoms with Gasteiger partial charge in [-0.25, -0.2) is 0 Å². The SMILES string of the molecule is C=C1CCCC1C(C)SCC1CCCN1C(=O)CN1CCCC1. The van der Waals surface area contributed by atoms with Crippen LogP contribution in [0.2, 0.25) is 0 Å². The van der Waals surface area contributed by atoms with Gasteiger partial charge in [0.15, 0.2) is 0 Å². The largest absolute Gasteiger partial charge is 0.338 e. The number of hydrogen-bond acceptors (Lipinski definition) is 3. The molecular weight excluding hydrogens is 304 g/mol. The molecule has 3 rings (SSSR count). The standard InChI is InChI=1S/C19H32N2OS/c1-15-7-5-9-18(15)16(2)23-14-17-8-6-12-21(17)19(22)13-20-10-3-4-11-20/h16-18H,1,3-14H2,2H3. The molecule has 0 radical (unpaired) electrons. The van der Waals surface area contributed by atoms with Crippen molar-refractivity contribution >= 4 is 17.7 Å². The summed E-state index contributed by atoms with van der Waals surface area (Å²) in [6, 6.07) is 0.465. The van der Waals surface area contributed by atoms with Crippen molar-refractivity contribution < 1.29 is 4.79 Å². The topological polar surface area (TPSA) is 23.6 Å². The lowest BCUT2D eigenvalue weighted by atomic mass is 10.0. The minimum Gasteiger partial charge on any atom is -0.338 e. The van der Waals surface area contributed by atoms with Crippen LogP contribution in [0.3, 0.4) is 0 Å². The average Bonchev–Trinajstić information content (AvgIpc) is 3.25. The van der Waals surface area contributed by atoms with E-state index in [1.165, 1.54) is 50.5 Å². The van der Waals surface area contributed by atoms with Gasteiger partial charge in [0, 0.05) is 23.6 Å². The fraction of sp³-hybridized carbons (Fsp3) is 0.842. The summed E-state index contributed by atoms with van der Waals surface area (Å²) in [5, 5.41) is 0.654. The van der Waals surface area contributed by atoms with Crippen LogP contribution in [0, 0.1) is 5.92 Å². The maximum absolute atomic E-state index is 12.6. The van der Waals surface area contributed by atoms with Gasteiger partial charge in [-0.1, -0.05) is 19.1 Å². The molecule has 23 heavy (non-hydrogen) atoms. The van der Waals surface area contributed by atoms with Crippen molar-refractivity contribution in [1.29, 1.82) is 0 Å². The molecule has 0 spiro atoms. The summed E-state index contributed by atoms with van der Waals surface area (Å²) in [6.45, 7) is 10.5. The van der Waals surface area contributed by atoms with E-state index < -0.39 is 0 Å². The van der Waals surface area contributed by atoms with Gasteiger partial charge in [0.1, 0.15) is 0 Å². The van der Waals surface area contributed by atoms with E-state index in [4.69, 9.17) is 0 Å². The summed E-state index contributed by atoms with van der Waals surface area (Å²) in [4.78, 5) is 17.1. The van der Waals surface area contributed by atoms with Crippen LogP contribution in [0.25, 0.3) is 0 Å². The molecule has 1 amide bonds. The van der Waals surface area contributed by atoms with Crippen LogP contribution in [0.15, 0.2) is 12.2 Å². The Morgan fingerprint density at radius 2 is 2.00 bits per heavy atom. The fourth-order valence-electron chi connectivity index (χ4n) is 4.44. The van der Waals surface area contributed by atoms with Crippen LogP contribution in [0.4, 0.5) is 0 Å². The number of carbonyl (C=O) groups excluding carboxylic acids is 1. The molecule has 130 valence electrons. The van der Waals surface area contributed by atoms with E-state index in [0.29, 0.717) is 29.7 Å². The van der Waals surface area contributed by atoms with Crippen LogP contribution in [-0.4, -0.2) is 58.9 Å². The van der Waals surface area contributed by atoms with Gasteiger partial charge in [-0.15, -0.1) is 0 Å². The number of thioether (sulfide) groups is 1. The van der Waals surface area contributed by atoms with E-state index in [1.54, 1.807) is 0 Å². The van der Waals surface area contributed by atoms with E-state index in [9.17, 15) is 4.79 Å². The smallest absolute Gasteiger partial charge is 0.237 e. The molecule has 3 unspecified atom stereocenters. The van der Waals surface area contributed by atoms with Crippen LogP contribution in [-0.2, 0) is 4.79 Å². The summed E-state index contributed by atoms with van der Waals surface area (Å²) < 4.78 is 0. The number of likely N-dealkylation sites (tertiary alicyclic amines) is 2. The number of hydrogen-bond donors (Lipinski definition) is 0. The number of rotatable bonds is 6. The Hall–Kier alpha value is -0.480. The van der Waals surface area contributed by atoms with Gasteiger partial charge in [0.2, 0.25) is 5.91 Å². The maximum atomic E-state index is 12.6. The second-order valence-corrected chi connectivity index (χ2v) is 8.97. The number of allylic oxidation sites excluding steroid dienone is 1. The minimum absolute atomic E-state index is 0.368. The van der Waals surface area contributed by atoms with Gasteiger partial charge in [0.25, 0.3) is 0 Å². The highest BCUT2D eigenvalue weighted by Gasteiger charge is 2.32. The second-order valence-electron chi connectivity index (χ2n) is 7.56. The lowest BCUT2D eigenvalue weighted by Gasteiger charge is -2.28. The average molecular weight is 337 g/mol. The van der Waals surface area contributed by atoms with Crippen LogP contribution >= 0.6 is 11.8 Å². The molecule has 3 atom stereocenters. The highest BCUT2D eigenvalue weighted by atomic mass is 32.2. The van der Waals surface area contributed by atoms with Gasteiger partial charge in [-0.2, -0.15) is 11.8 Å². The minimum atomic E-state index is 0.368. The van der Waals surface area contributed by atoms with E-state index >= 15 is 0 Å². The summed E-state index contributed by atoms with van der Waals surface area (Å²) in [7, 11) is 0.